The van der Waals surface area contributed by atoms with Crippen molar-refractivity contribution in [3.8, 4) is 0 Å². The molecular weight excluding hydrogens is 418 g/mol. The molecule has 1 aliphatic rings. The van der Waals surface area contributed by atoms with Gasteiger partial charge in [-0.2, -0.15) is 0 Å². The number of primary amides is 1. The molecule has 8 heteroatoms. The number of pyridine rings is 2. The van der Waals surface area contributed by atoms with Gasteiger partial charge in [-0.1, -0.05) is 24.3 Å². The van der Waals surface area contributed by atoms with Gasteiger partial charge in [0.2, 0.25) is 17.7 Å². The molecule has 4 rings (SSSR count). The summed E-state index contributed by atoms with van der Waals surface area (Å²) in [7, 11) is 0. The minimum atomic E-state index is -0.486. The van der Waals surface area contributed by atoms with Crippen LogP contribution in [0.1, 0.15) is 53.3 Å². The van der Waals surface area contributed by atoms with E-state index in [1.54, 1.807) is 12.1 Å². The topological polar surface area (TPSA) is 118 Å². The molecule has 3 amide bonds. The Hall–Kier alpha value is -3.81. The van der Waals surface area contributed by atoms with Crippen LogP contribution in [0.4, 0.5) is 5.82 Å². The number of nitrogens with two attached hydrogens (primary N) is 1. The van der Waals surface area contributed by atoms with Crippen LogP contribution in [0.3, 0.4) is 0 Å². The molecule has 8 nitrogen and oxygen atoms in total. The number of likely N-dealkylation sites (tertiary alicyclic amines) is 1. The zero-order chi connectivity index (χ0) is 23.4. The molecule has 0 saturated carbocycles. The smallest absolute Gasteiger partial charge is 0.249 e. The molecule has 33 heavy (non-hydrogen) atoms. The second-order valence-corrected chi connectivity index (χ2v) is 8.37. The summed E-state index contributed by atoms with van der Waals surface area (Å²) in [6.07, 6.45) is 1.80. The number of rotatable bonds is 7. The first-order valence-electron chi connectivity index (χ1n) is 11.1. The fourth-order valence-electron chi connectivity index (χ4n) is 4.21. The van der Waals surface area contributed by atoms with Crippen LogP contribution in [0, 0.1) is 6.92 Å². The number of hydrogen-bond acceptors (Lipinski definition) is 5. The third-order valence-electron chi connectivity index (χ3n) is 5.91. The molecule has 3 aromatic rings. The number of hydrogen-bond donors (Lipinski definition) is 2. The van der Waals surface area contributed by atoms with E-state index >= 15 is 0 Å². The Balaban J connectivity index is 1.32. The maximum Gasteiger partial charge on any atom is 0.249 e. The number of fused-ring (bicyclic) bond motifs is 1. The van der Waals surface area contributed by atoms with Crippen molar-refractivity contribution in [1.82, 2.24) is 14.9 Å². The standard InChI is InChI=1S/C25H27N5O3/c1-16-6-4-9-22(27-16)29-23(31)10-5-11-24(32)30-13-12-17(15-30)21-14-19(25(26)33)18-7-2-3-8-20(18)28-21/h2-4,6-9,14,17H,5,10-13,15H2,1H3,(H2,26,33)(H,27,29,31)/t17-/m1/s1. The van der Waals surface area contributed by atoms with Crippen LogP contribution in [-0.2, 0) is 9.59 Å². The molecule has 2 aromatic heterocycles. The second-order valence-electron chi connectivity index (χ2n) is 8.37. The van der Waals surface area contributed by atoms with Crippen LogP contribution in [-0.4, -0.2) is 45.7 Å². The monoisotopic (exact) mass is 445 g/mol. The van der Waals surface area contributed by atoms with Gasteiger partial charge in [0.25, 0.3) is 0 Å². The number of carbonyl (C=O) groups is 3. The highest BCUT2D eigenvalue weighted by atomic mass is 16.2. The SMILES string of the molecule is Cc1cccc(NC(=O)CCCC(=O)N2CC[C@@H](c3cc(C(N)=O)c4ccccc4n3)C2)n1. The van der Waals surface area contributed by atoms with Crippen molar-refractivity contribution in [3.05, 3.63) is 65.5 Å². The number of aryl methyl sites for hydroxylation is 1. The highest BCUT2D eigenvalue weighted by Crippen LogP contribution is 2.29. The fourth-order valence-corrected chi connectivity index (χ4v) is 4.21. The van der Waals surface area contributed by atoms with E-state index in [9.17, 15) is 14.4 Å². The van der Waals surface area contributed by atoms with Crippen molar-refractivity contribution in [2.75, 3.05) is 18.4 Å². The number of nitrogens with one attached hydrogen (secondary N) is 1. The Morgan fingerprint density at radius 3 is 2.70 bits per heavy atom. The molecule has 0 aliphatic carbocycles. The zero-order valence-corrected chi connectivity index (χ0v) is 18.6. The van der Waals surface area contributed by atoms with E-state index in [0.29, 0.717) is 37.3 Å². The highest BCUT2D eigenvalue weighted by Gasteiger charge is 2.29. The minimum Gasteiger partial charge on any atom is -0.366 e. The minimum absolute atomic E-state index is 0.0231. The summed E-state index contributed by atoms with van der Waals surface area (Å²) < 4.78 is 0. The van der Waals surface area contributed by atoms with Gasteiger partial charge in [-0.05, 0) is 44.0 Å². The van der Waals surface area contributed by atoms with Gasteiger partial charge in [0.1, 0.15) is 5.82 Å². The van der Waals surface area contributed by atoms with Crippen LogP contribution in [0.15, 0.2) is 48.5 Å². The number of amides is 3. The Kier molecular flexibility index (Phi) is 6.63. The van der Waals surface area contributed by atoms with E-state index in [-0.39, 0.29) is 24.2 Å². The average Bonchev–Trinajstić information content (AvgIpc) is 3.28. The summed E-state index contributed by atoms with van der Waals surface area (Å²) in [4.78, 5) is 47.6. The summed E-state index contributed by atoms with van der Waals surface area (Å²) in [5.74, 6) is -0.0476. The summed E-state index contributed by atoms with van der Waals surface area (Å²) in [5, 5.41) is 3.50. The first kappa shape index (κ1) is 22.4. The lowest BCUT2D eigenvalue weighted by Gasteiger charge is -2.17. The number of benzene rings is 1. The lowest BCUT2D eigenvalue weighted by Crippen LogP contribution is -2.28. The first-order valence-corrected chi connectivity index (χ1v) is 11.1. The molecule has 0 radical (unpaired) electrons. The molecule has 1 aliphatic heterocycles. The van der Waals surface area contributed by atoms with Crippen LogP contribution in [0.5, 0.6) is 0 Å². The molecule has 0 spiro atoms. The van der Waals surface area contributed by atoms with E-state index in [0.717, 1.165) is 28.7 Å². The number of para-hydroxylation sites is 1. The van der Waals surface area contributed by atoms with Crippen LogP contribution in [0.25, 0.3) is 10.9 Å². The van der Waals surface area contributed by atoms with E-state index < -0.39 is 5.91 Å². The predicted molar refractivity (Wildman–Crippen MR) is 126 cm³/mol. The van der Waals surface area contributed by atoms with Gasteiger partial charge in [-0.3, -0.25) is 19.4 Å². The second kappa shape index (κ2) is 9.77. The van der Waals surface area contributed by atoms with Crippen molar-refractivity contribution in [2.24, 2.45) is 5.73 Å². The van der Waals surface area contributed by atoms with E-state index in [4.69, 9.17) is 10.7 Å². The maximum atomic E-state index is 12.7. The molecule has 1 atom stereocenters. The summed E-state index contributed by atoms with van der Waals surface area (Å²) in [6, 6.07) is 14.6. The zero-order valence-electron chi connectivity index (χ0n) is 18.6. The van der Waals surface area contributed by atoms with E-state index in [2.05, 4.69) is 10.3 Å². The van der Waals surface area contributed by atoms with Gasteiger partial charge in [-0.25, -0.2) is 4.98 Å². The van der Waals surface area contributed by atoms with Gasteiger partial charge in [0.05, 0.1) is 11.1 Å². The molecule has 1 aromatic carbocycles. The lowest BCUT2D eigenvalue weighted by molar-refractivity contribution is -0.130. The number of aromatic nitrogens is 2. The van der Waals surface area contributed by atoms with Gasteiger partial charge in [-0.15, -0.1) is 0 Å². The summed E-state index contributed by atoms with van der Waals surface area (Å²) in [5.41, 5.74) is 8.38. The fraction of sp³-hybridized carbons (Fsp3) is 0.320. The third kappa shape index (κ3) is 5.34. The molecular formula is C25H27N5O3. The Bertz CT molecular complexity index is 1210. The molecule has 1 saturated heterocycles. The number of anilines is 1. The molecule has 3 heterocycles. The van der Waals surface area contributed by atoms with Gasteiger partial charge < -0.3 is 16.0 Å². The summed E-state index contributed by atoms with van der Waals surface area (Å²) >= 11 is 0. The van der Waals surface area contributed by atoms with Crippen molar-refractivity contribution >= 4 is 34.4 Å². The van der Waals surface area contributed by atoms with Crippen LogP contribution >= 0.6 is 0 Å². The van der Waals surface area contributed by atoms with Crippen LogP contribution in [0.2, 0.25) is 0 Å². The van der Waals surface area contributed by atoms with Crippen molar-refractivity contribution in [3.63, 3.8) is 0 Å². The summed E-state index contributed by atoms with van der Waals surface area (Å²) in [6.45, 7) is 3.03. The van der Waals surface area contributed by atoms with Gasteiger partial charge in [0, 0.05) is 48.6 Å². The van der Waals surface area contributed by atoms with Crippen molar-refractivity contribution in [2.45, 2.75) is 38.5 Å². The largest absolute Gasteiger partial charge is 0.366 e. The quantitative estimate of drug-likeness (QED) is 0.579. The number of nitrogens with zero attached hydrogens (tertiary/aromatic N) is 3. The third-order valence-corrected chi connectivity index (χ3v) is 5.91. The molecule has 0 bridgehead atoms. The number of carbonyl (C=O) groups excluding carboxylic acids is 3. The highest BCUT2D eigenvalue weighted by molar-refractivity contribution is 6.05. The van der Waals surface area contributed by atoms with Crippen molar-refractivity contribution < 1.29 is 14.4 Å². The van der Waals surface area contributed by atoms with Crippen LogP contribution < -0.4 is 11.1 Å². The first-order chi connectivity index (χ1) is 15.9. The average molecular weight is 446 g/mol. The Morgan fingerprint density at radius 2 is 1.91 bits per heavy atom. The Labute approximate surface area is 192 Å². The van der Waals surface area contributed by atoms with Gasteiger partial charge in [0.15, 0.2) is 0 Å². The van der Waals surface area contributed by atoms with E-state index in [1.807, 2.05) is 48.2 Å². The van der Waals surface area contributed by atoms with E-state index in [1.165, 1.54) is 0 Å². The maximum absolute atomic E-state index is 12.7. The molecule has 1 fully saturated rings. The van der Waals surface area contributed by atoms with Crippen molar-refractivity contribution in [1.29, 1.82) is 0 Å². The molecule has 0 unspecified atom stereocenters. The molecule has 170 valence electrons. The molecule has 3 N–H and O–H groups in total. The lowest BCUT2D eigenvalue weighted by atomic mass is 9.99. The Morgan fingerprint density at radius 1 is 1.09 bits per heavy atom. The normalized spacial score (nSPS) is 15.5. The van der Waals surface area contributed by atoms with Gasteiger partial charge >= 0.3 is 0 Å². The predicted octanol–water partition coefficient (Wildman–Crippen LogP) is 3.16.